The van der Waals surface area contributed by atoms with E-state index in [1.807, 2.05) is 6.07 Å². The van der Waals surface area contributed by atoms with Crippen molar-refractivity contribution in [2.75, 3.05) is 23.9 Å². The van der Waals surface area contributed by atoms with E-state index in [1.54, 1.807) is 0 Å². The Hall–Kier alpha value is -2.45. The number of hydrogen-bond acceptors (Lipinski definition) is 2. The highest BCUT2D eigenvalue weighted by Gasteiger charge is 2.16. The predicted octanol–water partition coefficient (Wildman–Crippen LogP) is 11.2. The molecule has 5 aromatic rings. The van der Waals surface area contributed by atoms with Crippen LogP contribution in [0.5, 0.6) is 11.5 Å². The number of rotatable bonds is 14. The number of alkyl halides is 2. The summed E-state index contributed by atoms with van der Waals surface area (Å²) in [7, 11) is 0. The highest BCUT2D eigenvalue weighted by Crippen LogP contribution is 2.38. The van der Waals surface area contributed by atoms with E-state index in [0.29, 0.717) is 13.2 Å². The molecule has 0 amide bonds. The van der Waals surface area contributed by atoms with Crippen LogP contribution in [0.2, 0.25) is 0 Å². The first kappa shape index (κ1) is 32.0. The summed E-state index contributed by atoms with van der Waals surface area (Å²) >= 11 is 9.40. The Balaban J connectivity index is 1.49. The number of unbranched alkanes of at least 4 members (excludes halogenated alkanes) is 6. The summed E-state index contributed by atoms with van der Waals surface area (Å²) in [5.74, 6) is 11.4. The van der Waals surface area contributed by atoms with Gasteiger partial charge in [-0.05, 0) is 105 Å². The van der Waals surface area contributed by atoms with Gasteiger partial charge >= 0.3 is 0 Å². The molecule has 5 rings (SSSR count). The van der Waals surface area contributed by atoms with Crippen LogP contribution in [0.25, 0.3) is 32.3 Å². The van der Waals surface area contributed by atoms with E-state index in [9.17, 15) is 0 Å². The summed E-state index contributed by atoms with van der Waals surface area (Å²) in [4.78, 5) is 0. The minimum absolute atomic E-state index is 0.648. The van der Waals surface area contributed by atoms with Crippen LogP contribution < -0.4 is 9.47 Å². The maximum absolute atomic E-state index is 6.45. The topological polar surface area (TPSA) is 18.5 Å². The molecule has 43 heavy (non-hydrogen) atoms. The zero-order chi connectivity index (χ0) is 30.0. The van der Waals surface area contributed by atoms with Crippen LogP contribution in [0.4, 0.5) is 0 Å². The van der Waals surface area contributed by atoms with Gasteiger partial charge in [0.1, 0.15) is 0 Å². The van der Waals surface area contributed by atoms with Crippen molar-refractivity contribution in [1.82, 2.24) is 0 Å². The molecule has 0 aliphatic carbocycles. The van der Waals surface area contributed by atoms with Crippen LogP contribution in [0.1, 0.15) is 68.1 Å². The molecule has 0 aliphatic heterocycles. The van der Waals surface area contributed by atoms with Gasteiger partial charge < -0.3 is 9.47 Å². The van der Waals surface area contributed by atoms with E-state index in [-0.39, 0.29) is 0 Å². The Labute approximate surface area is 286 Å². The Morgan fingerprint density at radius 3 is 1.65 bits per heavy atom. The quantitative estimate of drug-likeness (QED) is 0.0366. The van der Waals surface area contributed by atoms with Crippen molar-refractivity contribution in [2.45, 2.75) is 51.4 Å². The highest BCUT2D eigenvalue weighted by atomic mass is 127. The predicted molar refractivity (Wildman–Crippen MR) is 199 cm³/mol. The Morgan fingerprint density at radius 1 is 0.558 bits per heavy atom. The Bertz CT molecular complexity index is 1790. The molecule has 0 heterocycles. The summed E-state index contributed by atoms with van der Waals surface area (Å²) in [6.45, 7) is 1.32. The number of halogens is 3. The van der Waals surface area contributed by atoms with Crippen molar-refractivity contribution in [3.63, 3.8) is 0 Å². The minimum Gasteiger partial charge on any atom is -0.489 e. The molecule has 0 unspecified atom stereocenters. The van der Waals surface area contributed by atoms with Gasteiger partial charge in [-0.1, -0.05) is 112 Å². The van der Waals surface area contributed by atoms with Crippen molar-refractivity contribution >= 4 is 86.8 Å². The smallest absolute Gasteiger partial charge is 0.177 e. The second-order valence-corrected chi connectivity index (χ2v) is 13.4. The van der Waals surface area contributed by atoms with E-state index in [4.69, 9.17) is 15.9 Å². The van der Waals surface area contributed by atoms with Crippen LogP contribution >= 0.6 is 54.5 Å². The largest absolute Gasteiger partial charge is 0.489 e. The third kappa shape index (κ3) is 7.62. The highest BCUT2D eigenvalue weighted by molar-refractivity contribution is 14.1. The lowest BCUT2D eigenvalue weighted by molar-refractivity contribution is 0.257. The van der Waals surface area contributed by atoms with Gasteiger partial charge in [0, 0.05) is 21.8 Å². The molecule has 0 N–H and O–H groups in total. The normalized spacial score (nSPS) is 11.1. The van der Waals surface area contributed by atoms with Crippen molar-refractivity contribution < 1.29 is 9.47 Å². The molecule has 220 valence electrons. The van der Waals surface area contributed by atoms with Crippen molar-refractivity contribution in [3.05, 3.63) is 80.9 Å². The lowest BCUT2D eigenvalue weighted by Crippen LogP contribution is -2.06. The lowest BCUT2D eigenvalue weighted by Gasteiger charge is -2.16. The van der Waals surface area contributed by atoms with Crippen LogP contribution in [-0.4, -0.2) is 23.9 Å². The molecule has 0 fully saturated rings. The SMILES string of the molecule is C#Cc1ccc2ccc3c(C#Cc4ccc(I)c(OCCCCCCBr)c4OCCCCCCBr)ccc4ccc1c2c43. The fourth-order valence-electron chi connectivity index (χ4n) is 5.53. The van der Waals surface area contributed by atoms with Gasteiger partial charge in [0.2, 0.25) is 0 Å². The zero-order valence-corrected chi connectivity index (χ0v) is 29.6. The second kappa shape index (κ2) is 16.0. The summed E-state index contributed by atoms with van der Waals surface area (Å²) < 4.78 is 13.9. The molecule has 0 aromatic heterocycles. The average Bonchev–Trinajstić information content (AvgIpc) is 3.03. The Morgan fingerprint density at radius 2 is 1.05 bits per heavy atom. The van der Waals surface area contributed by atoms with Gasteiger partial charge in [0.15, 0.2) is 11.5 Å². The first-order valence-corrected chi connectivity index (χ1v) is 18.4. The molecule has 2 nitrogen and oxygen atoms in total. The first-order valence-electron chi connectivity index (χ1n) is 15.1. The van der Waals surface area contributed by atoms with Gasteiger partial charge in [-0.15, -0.1) is 6.42 Å². The summed E-state index contributed by atoms with van der Waals surface area (Å²) in [5.41, 5.74) is 2.76. The Kier molecular flexibility index (Phi) is 11.9. The lowest BCUT2D eigenvalue weighted by atomic mass is 9.90. The van der Waals surface area contributed by atoms with Gasteiger partial charge in [-0.25, -0.2) is 0 Å². The molecule has 0 saturated heterocycles. The van der Waals surface area contributed by atoms with Crippen LogP contribution in [0, 0.1) is 27.8 Å². The first-order chi connectivity index (χ1) is 21.2. The number of ether oxygens (including phenoxy) is 2. The standard InChI is InChI=1S/C38H35Br2IO2/c1-2-27-11-14-29-18-21-33-28(12-15-30-17-20-32(27)35(29)36(30)33)13-16-31-19-22-34(41)38(43-26-10-6-4-8-24-40)37(31)42-25-9-5-3-7-23-39/h1,11-12,14-15,17-22H,3-10,23-26H2. The summed E-state index contributed by atoms with van der Waals surface area (Å²) in [5, 5.41) is 9.15. The number of benzene rings is 5. The molecule has 0 radical (unpaired) electrons. The van der Waals surface area contributed by atoms with Crippen LogP contribution in [-0.2, 0) is 0 Å². The molecule has 0 atom stereocenters. The molecule has 0 aliphatic rings. The van der Waals surface area contributed by atoms with Crippen LogP contribution in [0.15, 0.2) is 60.7 Å². The molecule has 0 spiro atoms. The molecule has 5 heteroatoms. The molecule has 0 saturated carbocycles. The maximum atomic E-state index is 6.45. The summed E-state index contributed by atoms with van der Waals surface area (Å²) in [6.07, 6.45) is 15.0. The fraction of sp³-hybridized carbons (Fsp3) is 0.316. The van der Waals surface area contributed by atoms with E-state index >= 15 is 0 Å². The van der Waals surface area contributed by atoms with E-state index in [2.05, 4.69) is 127 Å². The van der Waals surface area contributed by atoms with Gasteiger partial charge in [0.05, 0.1) is 22.3 Å². The van der Waals surface area contributed by atoms with E-state index < -0.39 is 0 Å². The van der Waals surface area contributed by atoms with Gasteiger partial charge in [-0.2, -0.15) is 0 Å². The molecule has 0 bridgehead atoms. The average molecular weight is 810 g/mol. The summed E-state index contributed by atoms with van der Waals surface area (Å²) in [6, 6.07) is 21.2. The molecular weight excluding hydrogens is 775 g/mol. The van der Waals surface area contributed by atoms with Crippen LogP contribution in [0.3, 0.4) is 0 Å². The number of terminal acetylenes is 1. The molecular formula is C38H35Br2IO2. The minimum atomic E-state index is 0.648. The van der Waals surface area contributed by atoms with Gasteiger partial charge in [-0.3, -0.25) is 0 Å². The third-order valence-corrected chi connectivity index (χ3v) is 9.74. The van der Waals surface area contributed by atoms with E-state index in [1.165, 1.54) is 47.2 Å². The monoisotopic (exact) mass is 808 g/mol. The van der Waals surface area contributed by atoms with Crippen molar-refractivity contribution in [3.8, 4) is 35.7 Å². The second-order valence-electron chi connectivity index (χ2n) is 10.7. The fourth-order valence-corrected chi connectivity index (χ4v) is 6.91. The number of hydrogen-bond donors (Lipinski definition) is 0. The third-order valence-electron chi connectivity index (χ3n) is 7.76. The maximum Gasteiger partial charge on any atom is 0.177 e. The zero-order valence-electron chi connectivity index (χ0n) is 24.3. The van der Waals surface area contributed by atoms with Crippen molar-refractivity contribution in [2.24, 2.45) is 0 Å². The van der Waals surface area contributed by atoms with Crippen molar-refractivity contribution in [1.29, 1.82) is 0 Å². The van der Waals surface area contributed by atoms with E-state index in [0.717, 1.165) is 78.9 Å². The molecule has 5 aromatic carbocycles. The van der Waals surface area contributed by atoms with Gasteiger partial charge in [0.25, 0.3) is 0 Å².